The number of nitro benzene ring substituents is 1. The summed E-state index contributed by atoms with van der Waals surface area (Å²) in [6.45, 7) is 3.69. The summed E-state index contributed by atoms with van der Waals surface area (Å²) in [6, 6.07) is 10.7. The van der Waals surface area contributed by atoms with Crippen molar-refractivity contribution >= 4 is 17.3 Å². The molecule has 1 aliphatic heterocycles. The molecule has 1 saturated heterocycles. The number of halogens is 1. The van der Waals surface area contributed by atoms with Crippen LogP contribution in [0.25, 0.3) is 11.4 Å². The third-order valence-electron chi connectivity index (χ3n) is 5.81. The maximum Gasteiger partial charge on any atom is 0.274 e. The number of piperidine rings is 1. The number of anilines is 1. The van der Waals surface area contributed by atoms with Gasteiger partial charge in [0.1, 0.15) is 5.82 Å². The van der Waals surface area contributed by atoms with Crippen LogP contribution in [-0.2, 0) is 4.79 Å². The van der Waals surface area contributed by atoms with Crippen molar-refractivity contribution in [2.45, 2.75) is 32.1 Å². The molecule has 3 aromatic rings. The first-order chi connectivity index (χ1) is 15.9. The van der Waals surface area contributed by atoms with Gasteiger partial charge in [-0.05, 0) is 44.5 Å². The van der Waals surface area contributed by atoms with Gasteiger partial charge in [0.15, 0.2) is 0 Å². The number of hydrogen-bond donors (Lipinski definition) is 1. The van der Waals surface area contributed by atoms with E-state index in [1.54, 1.807) is 31.2 Å². The summed E-state index contributed by atoms with van der Waals surface area (Å²) in [5.74, 6) is 0.341. The second-order valence-electron chi connectivity index (χ2n) is 8.11. The molecule has 1 aromatic heterocycles. The van der Waals surface area contributed by atoms with Crippen molar-refractivity contribution in [3.63, 3.8) is 0 Å². The number of carbonyl (C=O) groups excluding carboxylic acids is 1. The highest BCUT2D eigenvalue weighted by atomic mass is 19.1. The number of carbonyl (C=O) groups is 1. The van der Waals surface area contributed by atoms with Gasteiger partial charge < -0.3 is 14.7 Å². The third kappa shape index (κ3) is 5.40. The van der Waals surface area contributed by atoms with Gasteiger partial charge in [0, 0.05) is 31.1 Å². The molecule has 1 N–H and O–H groups in total. The van der Waals surface area contributed by atoms with Crippen LogP contribution in [0.3, 0.4) is 0 Å². The predicted molar refractivity (Wildman–Crippen MR) is 119 cm³/mol. The van der Waals surface area contributed by atoms with E-state index in [1.165, 1.54) is 18.2 Å². The smallest absolute Gasteiger partial charge is 0.274 e. The quantitative estimate of drug-likeness (QED) is 0.419. The Morgan fingerprint density at radius 2 is 2.15 bits per heavy atom. The van der Waals surface area contributed by atoms with Crippen LogP contribution in [0.4, 0.5) is 15.8 Å². The van der Waals surface area contributed by atoms with Crippen molar-refractivity contribution in [2.75, 3.05) is 25.0 Å². The molecule has 0 bridgehead atoms. The fourth-order valence-electron chi connectivity index (χ4n) is 4.04. The summed E-state index contributed by atoms with van der Waals surface area (Å²) in [5.41, 5.74) is 1.41. The highest BCUT2D eigenvalue weighted by molar-refractivity contribution is 5.92. The molecular formula is C23H24FN5O4. The molecule has 0 radical (unpaired) electrons. The largest absolute Gasteiger partial charge is 0.339 e. The zero-order valence-corrected chi connectivity index (χ0v) is 18.2. The van der Waals surface area contributed by atoms with Gasteiger partial charge in [-0.1, -0.05) is 23.4 Å². The molecule has 2 aromatic carbocycles. The fourth-order valence-corrected chi connectivity index (χ4v) is 4.04. The van der Waals surface area contributed by atoms with Crippen molar-refractivity contribution in [1.29, 1.82) is 0 Å². The topological polar surface area (TPSA) is 114 Å². The van der Waals surface area contributed by atoms with Crippen molar-refractivity contribution < 1.29 is 18.6 Å². The van der Waals surface area contributed by atoms with Crippen molar-refractivity contribution in [3.05, 3.63) is 69.9 Å². The summed E-state index contributed by atoms with van der Waals surface area (Å²) >= 11 is 0. The van der Waals surface area contributed by atoms with E-state index < -0.39 is 4.92 Å². The number of nitrogens with zero attached hydrogens (tertiary/aromatic N) is 4. The second-order valence-corrected chi connectivity index (χ2v) is 8.11. The highest BCUT2D eigenvalue weighted by Crippen LogP contribution is 2.28. The van der Waals surface area contributed by atoms with E-state index in [4.69, 9.17) is 4.52 Å². The molecule has 0 spiro atoms. The normalized spacial score (nSPS) is 16.5. The summed E-state index contributed by atoms with van der Waals surface area (Å²) in [5, 5.41) is 17.9. The molecule has 172 valence electrons. The Bertz CT molecular complexity index is 1170. The molecule has 9 nitrogen and oxygen atoms in total. The number of rotatable bonds is 7. The Hall–Kier alpha value is -3.66. The lowest BCUT2D eigenvalue weighted by molar-refractivity contribution is -0.385. The van der Waals surface area contributed by atoms with Crippen LogP contribution in [0.1, 0.15) is 36.6 Å². The summed E-state index contributed by atoms with van der Waals surface area (Å²) in [4.78, 5) is 29.7. The number of benzene rings is 2. The van der Waals surface area contributed by atoms with Crippen LogP contribution >= 0.6 is 0 Å². The number of nitrogens with one attached hydrogen (secondary N) is 1. The fraction of sp³-hybridized carbons (Fsp3) is 0.348. The SMILES string of the molecule is Cc1c(NC(=O)CCN2CCCC(c3nc(-c4cccc(F)c4)no3)C2)cccc1[N+](=O)[O-]. The third-order valence-corrected chi connectivity index (χ3v) is 5.81. The predicted octanol–water partition coefficient (Wildman–Crippen LogP) is 4.30. The molecule has 1 fully saturated rings. The average Bonchev–Trinajstić information content (AvgIpc) is 3.30. The number of amides is 1. The number of hydrogen-bond acceptors (Lipinski definition) is 7. The van der Waals surface area contributed by atoms with Gasteiger partial charge >= 0.3 is 0 Å². The molecule has 1 aliphatic rings. The van der Waals surface area contributed by atoms with Gasteiger partial charge in [-0.2, -0.15) is 4.98 Å². The van der Waals surface area contributed by atoms with Gasteiger partial charge in [-0.3, -0.25) is 14.9 Å². The van der Waals surface area contributed by atoms with E-state index in [2.05, 4.69) is 20.4 Å². The van der Waals surface area contributed by atoms with Gasteiger partial charge in [0.2, 0.25) is 17.6 Å². The minimum absolute atomic E-state index is 0.0242. The van der Waals surface area contributed by atoms with E-state index in [0.29, 0.717) is 41.6 Å². The van der Waals surface area contributed by atoms with Crippen LogP contribution in [-0.4, -0.2) is 45.5 Å². The lowest BCUT2D eigenvalue weighted by Gasteiger charge is -2.30. The van der Waals surface area contributed by atoms with Crippen LogP contribution in [0, 0.1) is 22.9 Å². The molecule has 33 heavy (non-hydrogen) atoms. The Morgan fingerprint density at radius 1 is 1.33 bits per heavy atom. The first-order valence-electron chi connectivity index (χ1n) is 10.8. The lowest BCUT2D eigenvalue weighted by atomic mass is 9.98. The van der Waals surface area contributed by atoms with Crippen molar-refractivity contribution in [2.24, 2.45) is 0 Å². The zero-order chi connectivity index (χ0) is 23.4. The first-order valence-corrected chi connectivity index (χ1v) is 10.8. The van der Waals surface area contributed by atoms with E-state index in [9.17, 15) is 19.3 Å². The maximum atomic E-state index is 13.5. The highest BCUT2D eigenvalue weighted by Gasteiger charge is 2.26. The zero-order valence-electron chi connectivity index (χ0n) is 18.2. The molecule has 2 heterocycles. The Labute approximate surface area is 189 Å². The maximum absolute atomic E-state index is 13.5. The molecule has 4 rings (SSSR count). The minimum Gasteiger partial charge on any atom is -0.339 e. The molecule has 1 atom stereocenters. The average molecular weight is 453 g/mol. The van der Waals surface area contributed by atoms with Crippen LogP contribution in [0.2, 0.25) is 0 Å². The monoisotopic (exact) mass is 453 g/mol. The summed E-state index contributed by atoms with van der Waals surface area (Å²) < 4.78 is 18.9. The Morgan fingerprint density at radius 3 is 2.94 bits per heavy atom. The minimum atomic E-state index is -0.462. The van der Waals surface area contributed by atoms with Crippen LogP contribution in [0.15, 0.2) is 47.0 Å². The molecular weight excluding hydrogens is 429 g/mol. The van der Waals surface area contributed by atoms with Crippen LogP contribution < -0.4 is 5.32 Å². The van der Waals surface area contributed by atoms with Crippen molar-refractivity contribution in [1.82, 2.24) is 15.0 Å². The number of nitro groups is 1. The molecule has 0 saturated carbocycles. The Kier molecular flexibility index (Phi) is 6.74. The van der Waals surface area contributed by atoms with E-state index in [-0.39, 0.29) is 29.8 Å². The number of likely N-dealkylation sites (tertiary alicyclic amines) is 1. The Balaban J connectivity index is 1.33. The second kappa shape index (κ2) is 9.86. The van der Waals surface area contributed by atoms with E-state index in [0.717, 1.165) is 19.4 Å². The van der Waals surface area contributed by atoms with E-state index >= 15 is 0 Å². The van der Waals surface area contributed by atoms with E-state index in [1.807, 2.05) is 0 Å². The van der Waals surface area contributed by atoms with Gasteiger partial charge in [-0.15, -0.1) is 0 Å². The molecule has 0 aliphatic carbocycles. The lowest BCUT2D eigenvalue weighted by Crippen LogP contribution is -2.36. The summed E-state index contributed by atoms with van der Waals surface area (Å²) in [7, 11) is 0. The molecule has 1 amide bonds. The molecule has 1 unspecified atom stereocenters. The van der Waals surface area contributed by atoms with Crippen molar-refractivity contribution in [3.8, 4) is 11.4 Å². The van der Waals surface area contributed by atoms with Crippen LogP contribution in [0.5, 0.6) is 0 Å². The first kappa shape index (κ1) is 22.5. The van der Waals surface area contributed by atoms with Gasteiger partial charge in [0.25, 0.3) is 5.69 Å². The molecule has 10 heteroatoms. The summed E-state index contributed by atoms with van der Waals surface area (Å²) in [6.07, 6.45) is 2.07. The number of aromatic nitrogens is 2. The standard InChI is InChI=1S/C23H24FN5O4/c1-15-19(8-3-9-20(15)29(31)32)25-21(30)10-12-28-11-4-6-17(14-28)23-26-22(27-33-23)16-5-2-7-18(24)13-16/h2-3,5,7-9,13,17H,4,6,10-12,14H2,1H3,(H,25,30). The van der Waals surface area contributed by atoms with Gasteiger partial charge in [0.05, 0.1) is 22.1 Å². The van der Waals surface area contributed by atoms with Gasteiger partial charge in [-0.25, -0.2) is 4.39 Å².